The maximum atomic E-state index is 13.3. The zero-order chi connectivity index (χ0) is 28.6. The summed E-state index contributed by atoms with van der Waals surface area (Å²) >= 11 is 0. The van der Waals surface area contributed by atoms with Gasteiger partial charge in [-0.2, -0.15) is 0 Å². The monoisotopic (exact) mass is 528 g/mol. The summed E-state index contributed by atoms with van der Waals surface area (Å²) in [7, 11) is 0. The fraction of sp³-hybridized carbons (Fsp3) is 0.677. The van der Waals surface area contributed by atoms with Crippen LogP contribution in [-0.2, 0) is 19.1 Å². The molecule has 0 amide bonds. The summed E-state index contributed by atoms with van der Waals surface area (Å²) in [6.45, 7) is 18.8. The van der Waals surface area contributed by atoms with E-state index in [1.807, 2.05) is 60.6 Å². The minimum Gasteiger partial charge on any atom is -0.486 e. The summed E-state index contributed by atoms with van der Waals surface area (Å²) in [5, 5.41) is 34.8. The molecular weight excluding hydrogens is 484 g/mol. The third kappa shape index (κ3) is 3.57. The van der Waals surface area contributed by atoms with E-state index >= 15 is 0 Å². The third-order valence-corrected chi connectivity index (χ3v) is 10.4. The standard InChI is InChI=1S/C31H44O7/c1-10-16(3)20(7)37-26-19(6)30(36)22(24-28(8,9)31(24,26)38-27(34)17(4)11-2)13-21(15-32)14-29(35)23(30)12-18(5)25(29)33/h10,12-13,17,19,22-24,26,32,35-36H,7,11,14-15H2,1-6,8-9H3/b16-10+/t17-,19+,22?,23+,24+,26+,29+,30+,31+/m0/s1. The molecule has 7 nitrogen and oxygen atoms in total. The van der Waals surface area contributed by atoms with E-state index in [0.717, 1.165) is 5.57 Å². The van der Waals surface area contributed by atoms with Crippen molar-refractivity contribution in [3.8, 4) is 0 Å². The van der Waals surface area contributed by atoms with E-state index < -0.39 is 51.9 Å². The Hall–Kier alpha value is -2.22. The summed E-state index contributed by atoms with van der Waals surface area (Å²) in [6.07, 6.45) is 5.12. The van der Waals surface area contributed by atoms with E-state index in [-0.39, 0.29) is 30.8 Å². The normalized spacial score (nSPS) is 42.0. The molecule has 4 rings (SSSR count). The Kier molecular flexibility index (Phi) is 6.95. The van der Waals surface area contributed by atoms with E-state index in [1.165, 1.54) is 0 Å². The highest BCUT2D eigenvalue weighted by atomic mass is 16.6. The highest BCUT2D eigenvalue weighted by Gasteiger charge is 2.87. The van der Waals surface area contributed by atoms with Crippen molar-refractivity contribution < 1.29 is 34.4 Å². The lowest BCUT2D eigenvalue weighted by atomic mass is 9.59. The van der Waals surface area contributed by atoms with E-state index in [1.54, 1.807) is 13.0 Å². The Bertz CT molecular complexity index is 1140. The molecule has 4 aliphatic rings. The maximum absolute atomic E-state index is 13.3. The number of rotatable bonds is 7. The second-order valence-corrected chi connectivity index (χ2v) is 12.6. The van der Waals surface area contributed by atoms with Gasteiger partial charge < -0.3 is 24.8 Å². The summed E-state index contributed by atoms with van der Waals surface area (Å²) < 4.78 is 13.0. The van der Waals surface area contributed by atoms with Crippen LogP contribution in [0.25, 0.3) is 0 Å². The van der Waals surface area contributed by atoms with Gasteiger partial charge in [-0.15, -0.1) is 0 Å². The van der Waals surface area contributed by atoms with Crippen molar-refractivity contribution >= 4 is 11.8 Å². The third-order valence-electron chi connectivity index (χ3n) is 10.4. The number of ketones is 1. The predicted octanol–water partition coefficient (Wildman–Crippen LogP) is 4.03. The lowest BCUT2D eigenvalue weighted by Crippen LogP contribution is -2.66. The second kappa shape index (κ2) is 9.17. The fourth-order valence-electron chi connectivity index (χ4n) is 7.66. The first-order valence-corrected chi connectivity index (χ1v) is 13.8. The van der Waals surface area contributed by atoms with Gasteiger partial charge in [-0.1, -0.05) is 59.4 Å². The number of hydrogen-bond donors (Lipinski definition) is 3. The quantitative estimate of drug-likeness (QED) is 0.198. The molecule has 0 heterocycles. The minimum absolute atomic E-state index is 0.0743. The molecule has 0 aromatic rings. The summed E-state index contributed by atoms with van der Waals surface area (Å²) in [5.74, 6) is -3.28. The summed E-state index contributed by atoms with van der Waals surface area (Å²) in [5.41, 5.74) is -3.52. The average Bonchev–Trinajstić information content (AvgIpc) is 3.30. The molecule has 9 atom stereocenters. The Morgan fingerprint density at radius 2 is 1.92 bits per heavy atom. The first-order valence-electron chi connectivity index (χ1n) is 13.8. The number of fused-ring (bicyclic) bond motifs is 5. The van der Waals surface area contributed by atoms with Crippen LogP contribution in [-0.4, -0.2) is 56.6 Å². The maximum Gasteiger partial charge on any atom is 0.309 e. The van der Waals surface area contributed by atoms with Gasteiger partial charge in [0.05, 0.1) is 18.1 Å². The van der Waals surface area contributed by atoms with Gasteiger partial charge in [-0.25, -0.2) is 0 Å². The SMILES string of the molecule is C=C(O[C@@H]1[C@@H](C)[C@@]2(O)C(C=C(CO)C[C@]3(O)C(=O)C(C)=C[C@@H]23)[C@@H]2C(C)(C)[C@]12OC(=O)[C@@H](C)CC)/C(C)=C/C. The van der Waals surface area contributed by atoms with E-state index in [2.05, 4.69) is 6.58 Å². The van der Waals surface area contributed by atoms with Crippen LogP contribution in [0.2, 0.25) is 0 Å². The Labute approximate surface area is 226 Å². The lowest BCUT2D eigenvalue weighted by Gasteiger charge is -2.53. The Balaban J connectivity index is 1.95. The van der Waals surface area contributed by atoms with Crippen LogP contribution in [0.1, 0.15) is 68.2 Å². The van der Waals surface area contributed by atoms with Crippen molar-refractivity contribution in [3.63, 3.8) is 0 Å². The van der Waals surface area contributed by atoms with Crippen molar-refractivity contribution in [1.82, 2.24) is 0 Å². The molecule has 210 valence electrons. The fourth-order valence-corrected chi connectivity index (χ4v) is 7.66. The first kappa shape index (κ1) is 28.8. The van der Waals surface area contributed by atoms with Crippen LogP contribution >= 0.6 is 0 Å². The molecule has 38 heavy (non-hydrogen) atoms. The van der Waals surface area contributed by atoms with Crippen LogP contribution in [0.3, 0.4) is 0 Å². The molecule has 2 fully saturated rings. The molecule has 0 aromatic carbocycles. The second-order valence-electron chi connectivity index (χ2n) is 12.6. The van der Waals surface area contributed by atoms with Crippen LogP contribution < -0.4 is 0 Å². The number of Topliss-reactive ketones (excluding diaryl/α,β-unsaturated/α-hetero) is 1. The Morgan fingerprint density at radius 1 is 1.29 bits per heavy atom. The van der Waals surface area contributed by atoms with Gasteiger partial charge in [0.25, 0.3) is 0 Å². The molecule has 0 radical (unpaired) electrons. The topological polar surface area (TPSA) is 113 Å². The predicted molar refractivity (Wildman–Crippen MR) is 144 cm³/mol. The van der Waals surface area contributed by atoms with Crippen molar-refractivity contribution in [2.45, 2.75) is 91.1 Å². The number of aliphatic hydroxyl groups excluding tert-OH is 1. The molecule has 0 aliphatic heterocycles. The zero-order valence-corrected chi connectivity index (χ0v) is 24.0. The van der Waals surface area contributed by atoms with E-state index in [4.69, 9.17) is 9.47 Å². The largest absolute Gasteiger partial charge is 0.486 e. The Morgan fingerprint density at radius 3 is 2.47 bits per heavy atom. The van der Waals surface area contributed by atoms with Gasteiger partial charge in [0, 0.05) is 35.5 Å². The number of allylic oxidation sites excluding steroid dienone is 2. The van der Waals surface area contributed by atoms with Gasteiger partial charge in [0.1, 0.15) is 17.5 Å². The average molecular weight is 529 g/mol. The first-order chi connectivity index (χ1) is 17.6. The zero-order valence-electron chi connectivity index (χ0n) is 24.0. The lowest BCUT2D eigenvalue weighted by molar-refractivity contribution is -0.223. The summed E-state index contributed by atoms with van der Waals surface area (Å²) in [6, 6.07) is 0. The van der Waals surface area contributed by atoms with Gasteiger partial charge in [-0.3, -0.25) is 9.59 Å². The van der Waals surface area contributed by atoms with Gasteiger partial charge in [0.15, 0.2) is 11.4 Å². The number of ether oxygens (including phenoxy) is 2. The molecule has 0 bridgehead atoms. The highest BCUT2D eigenvalue weighted by molar-refractivity contribution is 6.04. The van der Waals surface area contributed by atoms with Crippen molar-refractivity contribution in [2.24, 2.45) is 35.0 Å². The van der Waals surface area contributed by atoms with Crippen LogP contribution in [0.5, 0.6) is 0 Å². The molecule has 7 heteroatoms. The van der Waals surface area contributed by atoms with Crippen LogP contribution in [0.15, 0.2) is 47.3 Å². The molecule has 3 N–H and O–H groups in total. The van der Waals surface area contributed by atoms with Gasteiger partial charge >= 0.3 is 5.97 Å². The van der Waals surface area contributed by atoms with Gasteiger partial charge in [-0.05, 0) is 43.9 Å². The number of carbonyl (C=O) groups is 2. The molecule has 0 aromatic heterocycles. The molecule has 0 saturated heterocycles. The van der Waals surface area contributed by atoms with Crippen LogP contribution in [0.4, 0.5) is 0 Å². The van der Waals surface area contributed by atoms with Crippen molar-refractivity contribution in [2.75, 3.05) is 6.61 Å². The van der Waals surface area contributed by atoms with Crippen molar-refractivity contribution in [1.29, 1.82) is 0 Å². The van der Waals surface area contributed by atoms with Crippen molar-refractivity contribution in [3.05, 3.63) is 47.3 Å². The molecule has 4 aliphatic carbocycles. The molecular formula is C31H44O7. The highest BCUT2D eigenvalue weighted by Crippen LogP contribution is 2.77. The summed E-state index contributed by atoms with van der Waals surface area (Å²) in [4.78, 5) is 26.6. The molecule has 0 spiro atoms. The van der Waals surface area contributed by atoms with Gasteiger partial charge in [0.2, 0.25) is 0 Å². The number of hydrogen-bond acceptors (Lipinski definition) is 7. The van der Waals surface area contributed by atoms with E-state index in [0.29, 0.717) is 23.3 Å². The number of esters is 1. The smallest absolute Gasteiger partial charge is 0.309 e. The minimum atomic E-state index is -1.89. The van der Waals surface area contributed by atoms with E-state index in [9.17, 15) is 24.9 Å². The number of carbonyl (C=O) groups excluding carboxylic acids is 2. The molecule has 2 saturated carbocycles. The molecule has 1 unspecified atom stereocenters. The van der Waals surface area contributed by atoms with Crippen LogP contribution in [0, 0.1) is 35.0 Å². The number of aliphatic hydroxyl groups is 3.